The molecule has 0 unspecified atom stereocenters. The highest BCUT2D eigenvalue weighted by Gasteiger charge is 2.24. The summed E-state index contributed by atoms with van der Waals surface area (Å²) in [6, 6.07) is 9.21. The van der Waals surface area contributed by atoms with Crippen molar-refractivity contribution in [2.75, 3.05) is 17.2 Å². The number of nitrogens with one attached hydrogen (secondary N) is 2. The van der Waals surface area contributed by atoms with Gasteiger partial charge in [-0.1, -0.05) is 12.1 Å². The predicted octanol–water partition coefficient (Wildman–Crippen LogP) is 2.19. The summed E-state index contributed by atoms with van der Waals surface area (Å²) in [5, 5.41) is 0. The van der Waals surface area contributed by atoms with E-state index in [9.17, 15) is 14.4 Å². The standard InChI is InChI=1S/C18H19N3O4S/c1-11-9-13(12(2)25-11)18(24)20-19-16(22)7-8-21-14-5-3-4-6-15(14)26-10-17(21)23/h3-6,9H,7-8,10H2,1-2H3,(H,19,22)(H,20,24). The second-order valence-corrected chi connectivity index (χ2v) is 6.90. The zero-order valence-electron chi connectivity index (χ0n) is 14.5. The number of thioether (sulfide) groups is 1. The molecular formula is C18H19N3O4S. The minimum atomic E-state index is -0.441. The van der Waals surface area contributed by atoms with Gasteiger partial charge in [-0.2, -0.15) is 0 Å². The molecule has 1 aliphatic heterocycles. The molecule has 2 heterocycles. The lowest BCUT2D eigenvalue weighted by atomic mass is 10.2. The third-order valence-corrected chi connectivity index (χ3v) is 5.02. The first-order chi connectivity index (χ1) is 12.5. The highest BCUT2D eigenvalue weighted by molar-refractivity contribution is 8.00. The smallest absolute Gasteiger partial charge is 0.273 e. The molecule has 0 bridgehead atoms. The lowest BCUT2D eigenvalue weighted by Gasteiger charge is -2.28. The van der Waals surface area contributed by atoms with Gasteiger partial charge in [0.25, 0.3) is 5.91 Å². The Morgan fingerprint density at radius 1 is 1.23 bits per heavy atom. The number of furan rings is 1. The van der Waals surface area contributed by atoms with E-state index >= 15 is 0 Å². The van der Waals surface area contributed by atoms with Crippen LogP contribution in [0.1, 0.15) is 28.3 Å². The third kappa shape index (κ3) is 3.91. The van der Waals surface area contributed by atoms with Crippen molar-refractivity contribution in [3.63, 3.8) is 0 Å². The Labute approximate surface area is 155 Å². The van der Waals surface area contributed by atoms with Gasteiger partial charge in [0, 0.05) is 17.9 Å². The fraction of sp³-hybridized carbons (Fsp3) is 0.278. The number of hydrogen-bond acceptors (Lipinski definition) is 5. The van der Waals surface area contributed by atoms with Crippen LogP contribution in [0, 0.1) is 13.8 Å². The molecule has 136 valence electrons. The van der Waals surface area contributed by atoms with Gasteiger partial charge in [0.15, 0.2) is 0 Å². The summed E-state index contributed by atoms with van der Waals surface area (Å²) in [6.45, 7) is 3.68. The van der Waals surface area contributed by atoms with Crippen molar-refractivity contribution in [2.24, 2.45) is 0 Å². The number of carbonyl (C=O) groups is 3. The summed E-state index contributed by atoms with van der Waals surface area (Å²) in [5.41, 5.74) is 5.93. The Morgan fingerprint density at radius 3 is 2.73 bits per heavy atom. The largest absolute Gasteiger partial charge is 0.466 e. The highest BCUT2D eigenvalue weighted by atomic mass is 32.2. The normalized spacial score (nSPS) is 13.3. The van der Waals surface area contributed by atoms with Crippen LogP contribution in [0.15, 0.2) is 39.6 Å². The predicted molar refractivity (Wildman–Crippen MR) is 97.9 cm³/mol. The minimum absolute atomic E-state index is 0.0324. The first-order valence-corrected chi connectivity index (χ1v) is 9.12. The average molecular weight is 373 g/mol. The van der Waals surface area contributed by atoms with Gasteiger partial charge in [0.2, 0.25) is 11.8 Å². The molecule has 3 amide bonds. The molecule has 1 aromatic heterocycles. The summed E-state index contributed by atoms with van der Waals surface area (Å²) in [6.07, 6.45) is 0.0778. The molecule has 0 aliphatic carbocycles. The van der Waals surface area contributed by atoms with Gasteiger partial charge < -0.3 is 9.32 Å². The van der Waals surface area contributed by atoms with Gasteiger partial charge in [-0.3, -0.25) is 25.2 Å². The van der Waals surface area contributed by atoms with Crippen molar-refractivity contribution in [2.45, 2.75) is 25.2 Å². The molecule has 2 aromatic rings. The molecule has 26 heavy (non-hydrogen) atoms. The molecule has 0 radical (unpaired) electrons. The Morgan fingerprint density at radius 2 is 2.00 bits per heavy atom. The maximum Gasteiger partial charge on any atom is 0.273 e. The van der Waals surface area contributed by atoms with Crippen molar-refractivity contribution < 1.29 is 18.8 Å². The SMILES string of the molecule is Cc1cc(C(=O)NNC(=O)CCN2C(=O)CSc3ccccc32)c(C)o1. The number of anilines is 1. The Kier molecular flexibility index (Phi) is 5.32. The van der Waals surface area contributed by atoms with Gasteiger partial charge in [-0.05, 0) is 32.0 Å². The van der Waals surface area contributed by atoms with Crippen molar-refractivity contribution >= 4 is 35.2 Å². The Hall–Kier alpha value is -2.74. The van der Waals surface area contributed by atoms with E-state index in [1.165, 1.54) is 11.8 Å². The second-order valence-electron chi connectivity index (χ2n) is 5.88. The van der Waals surface area contributed by atoms with Crippen LogP contribution in [0.4, 0.5) is 5.69 Å². The first-order valence-electron chi connectivity index (χ1n) is 8.14. The number of amides is 3. The van der Waals surface area contributed by atoms with E-state index < -0.39 is 5.91 Å². The van der Waals surface area contributed by atoms with E-state index in [4.69, 9.17) is 4.42 Å². The second kappa shape index (κ2) is 7.65. The molecule has 2 N–H and O–H groups in total. The number of rotatable bonds is 4. The number of benzene rings is 1. The van der Waals surface area contributed by atoms with Crippen molar-refractivity contribution in [1.82, 2.24) is 10.9 Å². The number of fused-ring (bicyclic) bond motifs is 1. The molecule has 1 aliphatic rings. The molecule has 8 heteroatoms. The first kappa shape index (κ1) is 18.1. The van der Waals surface area contributed by atoms with E-state index in [0.29, 0.717) is 22.8 Å². The number of hydrogen-bond donors (Lipinski definition) is 2. The monoisotopic (exact) mass is 373 g/mol. The van der Waals surface area contributed by atoms with Crippen molar-refractivity contribution in [1.29, 1.82) is 0 Å². The van der Waals surface area contributed by atoms with Gasteiger partial charge in [-0.25, -0.2) is 0 Å². The summed E-state index contributed by atoms with van der Waals surface area (Å²) in [7, 11) is 0. The summed E-state index contributed by atoms with van der Waals surface area (Å²) in [4.78, 5) is 38.9. The molecule has 0 fully saturated rings. The average Bonchev–Trinajstić information content (AvgIpc) is 2.97. The zero-order valence-corrected chi connectivity index (χ0v) is 15.3. The molecular weight excluding hydrogens is 354 g/mol. The number of nitrogens with zero attached hydrogens (tertiary/aromatic N) is 1. The minimum Gasteiger partial charge on any atom is -0.466 e. The summed E-state index contributed by atoms with van der Waals surface area (Å²) >= 11 is 1.49. The van der Waals surface area contributed by atoms with Gasteiger partial charge in [0.1, 0.15) is 11.5 Å². The van der Waals surface area contributed by atoms with Crippen LogP contribution in [0.2, 0.25) is 0 Å². The van der Waals surface area contributed by atoms with Crippen LogP contribution in [0.3, 0.4) is 0 Å². The maximum absolute atomic E-state index is 12.2. The van der Waals surface area contributed by atoms with Crippen LogP contribution in [0.25, 0.3) is 0 Å². The van der Waals surface area contributed by atoms with Crippen molar-refractivity contribution in [3.05, 3.63) is 47.4 Å². The van der Waals surface area contributed by atoms with Crippen LogP contribution in [-0.4, -0.2) is 30.0 Å². The molecule has 0 saturated heterocycles. The summed E-state index contributed by atoms with van der Waals surface area (Å²) in [5.74, 6) is 0.619. The van der Waals surface area contributed by atoms with Crippen LogP contribution < -0.4 is 15.8 Å². The number of para-hydroxylation sites is 1. The number of carbonyl (C=O) groups excluding carboxylic acids is 3. The third-order valence-electron chi connectivity index (χ3n) is 3.97. The van der Waals surface area contributed by atoms with E-state index in [1.807, 2.05) is 24.3 Å². The molecule has 0 saturated carbocycles. The molecule has 1 aromatic carbocycles. The quantitative estimate of drug-likeness (QED) is 0.802. The fourth-order valence-corrected chi connectivity index (χ4v) is 3.66. The van der Waals surface area contributed by atoms with E-state index in [0.717, 1.165) is 10.6 Å². The lowest BCUT2D eigenvalue weighted by molar-refractivity contribution is -0.121. The lowest BCUT2D eigenvalue weighted by Crippen LogP contribution is -2.44. The molecule has 7 nitrogen and oxygen atoms in total. The van der Waals surface area contributed by atoms with Crippen LogP contribution in [0.5, 0.6) is 0 Å². The van der Waals surface area contributed by atoms with E-state index in [-0.39, 0.29) is 24.8 Å². The number of aryl methyl sites for hydroxylation is 2. The molecule has 0 spiro atoms. The topological polar surface area (TPSA) is 91.7 Å². The van der Waals surface area contributed by atoms with Gasteiger partial charge in [-0.15, -0.1) is 11.8 Å². The molecule has 3 rings (SSSR count). The zero-order chi connectivity index (χ0) is 18.7. The highest BCUT2D eigenvalue weighted by Crippen LogP contribution is 2.34. The maximum atomic E-state index is 12.2. The Bertz CT molecular complexity index is 862. The molecule has 0 atom stereocenters. The van der Waals surface area contributed by atoms with Crippen LogP contribution >= 0.6 is 11.8 Å². The Balaban J connectivity index is 1.54. The van der Waals surface area contributed by atoms with Gasteiger partial charge >= 0.3 is 0 Å². The number of hydrazine groups is 1. The summed E-state index contributed by atoms with van der Waals surface area (Å²) < 4.78 is 5.29. The van der Waals surface area contributed by atoms with E-state index in [1.54, 1.807) is 24.8 Å². The van der Waals surface area contributed by atoms with Crippen molar-refractivity contribution in [3.8, 4) is 0 Å². The van der Waals surface area contributed by atoms with Crippen LogP contribution in [-0.2, 0) is 9.59 Å². The van der Waals surface area contributed by atoms with Gasteiger partial charge in [0.05, 0.1) is 17.0 Å². The fourth-order valence-electron chi connectivity index (χ4n) is 2.73. The van der Waals surface area contributed by atoms with E-state index in [2.05, 4.69) is 10.9 Å².